The molecular formula is C21H24ClN5O2. The zero-order chi connectivity index (χ0) is 19.2. The first-order chi connectivity index (χ1) is 13.8. The summed E-state index contributed by atoms with van der Waals surface area (Å²) in [5, 5.41) is 7.49. The Morgan fingerprint density at radius 3 is 2.86 bits per heavy atom. The fourth-order valence-electron chi connectivity index (χ4n) is 3.04. The number of rotatable bonds is 6. The minimum absolute atomic E-state index is 0. The molecule has 7 nitrogen and oxygen atoms in total. The van der Waals surface area contributed by atoms with Gasteiger partial charge in [0.05, 0.1) is 6.04 Å². The predicted molar refractivity (Wildman–Crippen MR) is 114 cm³/mol. The molecule has 1 unspecified atom stereocenters. The second-order valence-electron chi connectivity index (χ2n) is 6.74. The highest BCUT2D eigenvalue weighted by molar-refractivity contribution is 5.85. The monoisotopic (exact) mass is 413 g/mol. The molecule has 8 heteroatoms. The van der Waals surface area contributed by atoms with Gasteiger partial charge in [-0.3, -0.25) is 9.88 Å². The molecule has 0 spiro atoms. The summed E-state index contributed by atoms with van der Waals surface area (Å²) >= 11 is 0. The van der Waals surface area contributed by atoms with Gasteiger partial charge in [0.25, 0.3) is 5.89 Å². The van der Waals surface area contributed by atoms with Crippen LogP contribution in [0.3, 0.4) is 0 Å². The van der Waals surface area contributed by atoms with Gasteiger partial charge >= 0.3 is 0 Å². The molecule has 1 atom stereocenters. The Balaban J connectivity index is 0.00000240. The van der Waals surface area contributed by atoms with Crippen molar-refractivity contribution in [3.63, 3.8) is 0 Å². The Bertz CT molecular complexity index is 914. The summed E-state index contributed by atoms with van der Waals surface area (Å²) in [7, 11) is 2.08. The maximum absolute atomic E-state index is 5.77. The van der Waals surface area contributed by atoms with E-state index in [2.05, 4.69) is 32.4 Å². The Kier molecular flexibility index (Phi) is 7.35. The molecule has 0 radical (unpaired) electrons. The second kappa shape index (κ2) is 10.2. The van der Waals surface area contributed by atoms with Gasteiger partial charge in [-0.1, -0.05) is 23.4 Å². The van der Waals surface area contributed by atoms with Crippen LogP contribution in [0.15, 0.2) is 53.3 Å². The molecule has 29 heavy (non-hydrogen) atoms. The van der Waals surface area contributed by atoms with Crippen LogP contribution < -0.4 is 10.1 Å². The lowest BCUT2D eigenvalue weighted by Gasteiger charge is -2.30. The third-order valence-corrected chi connectivity index (χ3v) is 4.69. The predicted octanol–water partition coefficient (Wildman–Crippen LogP) is 3.21. The molecule has 2 aromatic heterocycles. The van der Waals surface area contributed by atoms with Crippen molar-refractivity contribution in [3.05, 3.63) is 71.6 Å². The van der Waals surface area contributed by atoms with Crippen LogP contribution >= 0.6 is 12.4 Å². The summed E-state index contributed by atoms with van der Waals surface area (Å²) in [6, 6.07) is 11.9. The van der Waals surface area contributed by atoms with Crippen LogP contribution in [0.2, 0.25) is 0 Å². The molecule has 3 heterocycles. The molecule has 1 aromatic carbocycles. The van der Waals surface area contributed by atoms with Crippen molar-refractivity contribution in [1.29, 1.82) is 0 Å². The van der Waals surface area contributed by atoms with Gasteiger partial charge in [0.1, 0.15) is 12.4 Å². The fourth-order valence-corrected chi connectivity index (χ4v) is 3.04. The van der Waals surface area contributed by atoms with Crippen LogP contribution in [-0.4, -0.2) is 46.7 Å². The number of nitrogens with one attached hydrogen (secondary N) is 1. The quantitative estimate of drug-likeness (QED) is 0.664. The molecule has 3 aromatic rings. The van der Waals surface area contributed by atoms with Crippen molar-refractivity contribution in [2.24, 2.45) is 0 Å². The van der Waals surface area contributed by atoms with Crippen molar-refractivity contribution in [3.8, 4) is 5.75 Å². The van der Waals surface area contributed by atoms with Crippen molar-refractivity contribution in [2.45, 2.75) is 12.6 Å². The lowest BCUT2D eigenvalue weighted by molar-refractivity contribution is 0.190. The Hall–Kier alpha value is -2.74. The number of aromatic nitrogens is 3. The lowest BCUT2D eigenvalue weighted by atomic mass is 10.2. The minimum Gasteiger partial charge on any atom is -0.489 e. The number of benzene rings is 1. The van der Waals surface area contributed by atoms with Crippen LogP contribution in [-0.2, 0) is 6.61 Å². The smallest absolute Gasteiger partial charge is 0.250 e. The first-order valence-corrected chi connectivity index (χ1v) is 9.32. The molecule has 1 fully saturated rings. The molecule has 1 aliphatic heterocycles. The highest BCUT2D eigenvalue weighted by atomic mass is 35.5. The van der Waals surface area contributed by atoms with E-state index >= 15 is 0 Å². The fraction of sp³-hybridized carbons (Fsp3) is 0.286. The van der Waals surface area contributed by atoms with E-state index in [1.807, 2.05) is 48.6 Å². The summed E-state index contributed by atoms with van der Waals surface area (Å²) in [4.78, 5) is 10.8. The third-order valence-electron chi connectivity index (χ3n) is 4.69. The summed E-state index contributed by atoms with van der Waals surface area (Å²) in [6.07, 6.45) is 7.33. The molecule has 0 saturated carbocycles. The summed E-state index contributed by atoms with van der Waals surface area (Å²) in [5.74, 6) is 2.04. The van der Waals surface area contributed by atoms with Gasteiger partial charge < -0.3 is 14.6 Å². The summed E-state index contributed by atoms with van der Waals surface area (Å²) < 4.78 is 11.1. The largest absolute Gasteiger partial charge is 0.489 e. The van der Waals surface area contributed by atoms with Crippen LogP contribution in [0.25, 0.3) is 12.2 Å². The number of nitrogens with zero attached hydrogens (tertiary/aromatic N) is 4. The van der Waals surface area contributed by atoms with Gasteiger partial charge in [-0.25, -0.2) is 0 Å². The summed E-state index contributed by atoms with van der Waals surface area (Å²) in [5.41, 5.74) is 2.07. The van der Waals surface area contributed by atoms with E-state index in [9.17, 15) is 0 Å². The van der Waals surface area contributed by atoms with E-state index < -0.39 is 0 Å². The van der Waals surface area contributed by atoms with Crippen molar-refractivity contribution in [2.75, 3.05) is 26.7 Å². The average Bonchev–Trinajstić information content (AvgIpc) is 3.21. The van der Waals surface area contributed by atoms with Gasteiger partial charge in [-0.2, -0.15) is 4.98 Å². The highest BCUT2D eigenvalue weighted by Crippen LogP contribution is 2.19. The van der Waals surface area contributed by atoms with Crippen LogP contribution in [0, 0.1) is 0 Å². The zero-order valence-corrected chi connectivity index (χ0v) is 17.0. The van der Waals surface area contributed by atoms with E-state index in [0.29, 0.717) is 18.3 Å². The Labute approximate surface area is 176 Å². The second-order valence-corrected chi connectivity index (χ2v) is 6.74. The third kappa shape index (κ3) is 5.63. The van der Waals surface area contributed by atoms with Gasteiger partial charge in [-0.05, 0) is 36.9 Å². The summed E-state index contributed by atoms with van der Waals surface area (Å²) in [6.45, 7) is 3.29. The molecule has 1 saturated heterocycles. The zero-order valence-electron chi connectivity index (χ0n) is 16.2. The van der Waals surface area contributed by atoms with Crippen molar-refractivity contribution < 1.29 is 9.26 Å². The standard InChI is InChI=1S/C21H23N5O2.ClH/c1-26-12-11-23-14-19(26)21-24-20(28-25-21)9-6-16-4-7-18(8-5-16)27-15-17-3-2-10-22-13-17;/h2-10,13,19,23H,11-12,14-15H2,1H3;1H/b9-6+;. The molecular weight excluding hydrogens is 390 g/mol. The van der Waals surface area contributed by atoms with Crippen LogP contribution in [0.5, 0.6) is 5.75 Å². The van der Waals surface area contributed by atoms with Crippen molar-refractivity contribution in [1.82, 2.24) is 25.3 Å². The van der Waals surface area contributed by atoms with E-state index in [1.54, 1.807) is 12.4 Å². The molecule has 0 bridgehead atoms. The molecule has 0 aliphatic carbocycles. The van der Waals surface area contributed by atoms with E-state index in [0.717, 1.165) is 36.5 Å². The van der Waals surface area contributed by atoms with E-state index in [-0.39, 0.29) is 18.4 Å². The van der Waals surface area contributed by atoms with Gasteiger partial charge in [0.2, 0.25) is 0 Å². The first-order valence-electron chi connectivity index (χ1n) is 9.32. The topological polar surface area (TPSA) is 76.3 Å². The number of pyridine rings is 1. The molecule has 1 aliphatic rings. The SMILES string of the molecule is CN1CCNCC1c1noc(/C=C/c2ccc(OCc3cccnc3)cc2)n1.Cl. The number of piperazine rings is 1. The van der Waals surface area contributed by atoms with Crippen LogP contribution in [0.1, 0.15) is 28.9 Å². The number of halogens is 1. The van der Waals surface area contributed by atoms with Crippen LogP contribution in [0.4, 0.5) is 0 Å². The molecule has 0 amide bonds. The molecule has 4 rings (SSSR count). The maximum atomic E-state index is 5.77. The number of hydrogen-bond donors (Lipinski definition) is 1. The van der Waals surface area contributed by atoms with Gasteiger partial charge in [0, 0.05) is 43.7 Å². The Morgan fingerprint density at radius 2 is 2.10 bits per heavy atom. The highest BCUT2D eigenvalue weighted by Gasteiger charge is 2.24. The van der Waals surface area contributed by atoms with Crippen molar-refractivity contribution >= 4 is 24.6 Å². The molecule has 1 N–H and O–H groups in total. The van der Waals surface area contributed by atoms with Gasteiger partial charge in [0.15, 0.2) is 5.82 Å². The Morgan fingerprint density at radius 1 is 1.24 bits per heavy atom. The number of hydrogen-bond acceptors (Lipinski definition) is 7. The van der Waals surface area contributed by atoms with E-state index in [1.165, 1.54) is 0 Å². The normalized spacial score (nSPS) is 17.2. The van der Waals surface area contributed by atoms with Gasteiger partial charge in [-0.15, -0.1) is 12.4 Å². The maximum Gasteiger partial charge on any atom is 0.250 e. The molecule has 152 valence electrons. The number of ether oxygens (including phenoxy) is 1. The lowest BCUT2D eigenvalue weighted by Crippen LogP contribution is -2.44. The average molecular weight is 414 g/mol. The van der Waals surface area contributed by atoms with E-state index in [4.69, 9.17) is 9.26 Å². The minimum atomic E-state index is 0. The number of likely N-dealkylation sites (N-methyl/N-ethyl adjacent to an activating group) is 1. The first kappa shape index (κ1) is 21.0.